The average Bonchev–Trinajstić information content (AvgIpc) is 1.88. The van der Waals surface area contributed by atoms with Crippen molar-refractivity contribution < 1.29 is 14.4 Å². The number of hydrogen-bond acceptors (Lipinski definition) is 2. The molecule has 0 amide bonds. The van der Waals surface area contributed by atoms with Crippen LogP contribution in [-0.2, 0) is 4.57 Å². The molecule has 0 heterocycles. The molecule has 0 aliphatic carbocycles. The second-order valence-corrected chi connectivity index (χ2v) is 4.72. The Hall–Kier alpha value is 0.460. The van der Waals surface area contributed by atoms with E-state index >= 15 is 0 Å². The Morgan fingerprint density at radius 2 is 1.33 bits per heavy atom. The van der Waals surface area contributed by atoms with E-state index in [9.17, 15) is 4.57 Å². The summed E-state index contributed by atoms with van der Waals surface area (Å²) in [5.74, 6) is 0. The standard InChI is InChI=1S/C6H15N.H3O3PS/c1-4-7(5-2)6-3;1-4(2,3)5/h4-6H2,1-3H3;(H3,1,2,3,5). The lowest BCUT2D eigenvalue weighted by Gasteiger charge is -2.13. The van der Waals surface area contributed by atoms with E-state index < -0.39 is 6.80 Å². The van der Waals surface area contributed by atoms with Crippen molar-refractivity contribution in [2.75, 3.05) is 19.6 Å². The summed E-state index contributed by atoms with van der Waals surface area (Å²) in [6, 6.07) is 0. The normalized spacial score (nSPS) is 10.9. The van der Waals surface area contributed by atoms with Crippen LogP contribution in [-0.4, -0.2) is 34.3 Å². The van der Waals surface area contributed by atoms with Crippen LogP contribution in [0.3, 0.4) is 0 Å². The van der Waals surface area contributed by atoms with Gasteiger partial charge in [0.25, 0.3) is 0 Å². The minimum atomic E-state index is -3.94. The highest BCUT2D eigenvalue weighted by atomic mass is 32.7. The van der Waals surface area contributed by atoms with Crippen molar-refractivity contribution in [2.45, 2.75) is 20.8 Å². The molecule has 0 aromatic rings. The highest BCUT2D eigenvalue weighted by Gasteiger charge is 1.97. The summed E-state index contributed by atoms with van der Waals surface area (Å²) < 4.78 is 9.19. The van der Waals surface area contributed by atoms with E-state index in [4.69, 9.17) is 9.79 Å². The van der Waals surface area contributed by atoms with Gasteiger partial charge in [-0.1, -0.05) is 33.0 Å². The topological polar surface area (TPSA) is 60.8 Å². The lowest BCUT2D eigenvalue weighted by Crippen LogP contribution is -2.21. The summed E-state index contributed by atoms with van der Waals surface area (Å²) in [6.07, 6.45) is 0. The Bertz CT molecular complexity index is 121. The van der Waals surface area contributed by atoms with Crippen molar-refractivity contribution in [1.29, 1.82) is 0 Å². The molecular formula is C6H18NO3PS. The van der Waals surface area contributed by atoms with Crippen LogP contribution < -0.4 is 0 Å². The molecule has 0 rings (SSSR count). The molecule has 0 spiro atoms. The van der Waals surface area contributed by atoms with Gasteiger partial charge in [0.2, 0.25) is 0 Å². The van der Waals surface area contributed by atoms with Crippen LogP contribution in [0.5, 0.6) is 0 Å². The van der Waals surface area contributed by atoms with Crippen molar-refractivity contribution in [2.24, 2.45) is 0 Å². The van der Waals surface area contributed by atoms with Crippen molar-refractivity contribution in [1.82, 2.24) is 4.90 Å². The molecular weight excluding hydrogens is 197 g/mol. The Kier molecular flexibility index (Phi) is 10.1. The van der Waals surface area contributed by atoms with E-state index in [-0.39, 0.29) is 0 Å². The Labute approximate surface area is 79.3 Å². The first kappa shape index (κ1) is 15.0. The fourth-order valence-electron chi connectivity index (χ4n) is 0.671. The molecule has 4 nitrogen and oxygen atoms in total. The number of hydrogen-bond donors (Lipinski definition) is 3. The molecule has 0 atom stereocenters. The second-order valence-electron chi connectivity index (χ2n) is 2.13. The van der Waals surface area contributed by atoms with E-state index in [2.05, 4.69) is 37.9 Å². The molecule has 0 aromatic heterocycles. The summed E-state index contributed by atoms with van der Waals surface area (Å²) in [4.78, 5) is 17.4. The minimum Gasteiger partial charge on any atom is -0.317 e. The molecule has 6 heteroatoms. The van der Waals surface area contributed by atoms with Crippen molar-refractivity contribution in [3.8, 4) is 0 Å². The van der Waals surface area contributed by atoms with Gasteiger partial charge < -0.3 is 14.7 Å². The maximum absolute atomic E-state index is 9.19. The maximum Gasteiger partial charge on any atom is 0.380 e. The fourth-order valence-corrected chi connectivity index (χ4v) is 0.671. The fraction of sp³-hybridized carbons (Fsp3) is 1.00. The molecule has 0 saturated carbocycles. The quantitative estimate of drug-likeness (QED) is 0.491. The number of thiol groups is 1. The summed E-state index contributed by atoms with van der Waals surface area (Å²) >= 11 is 2.79. The van der Waals surface area contributed by atoms with Gasteiger partial charge in [0.1, 0.15) is 0 Å². The Morgan fingerprint density at radius 1 is 1.17 bits per heavy atom. The van der Waals surface area contributed by atoms with Crippen LogP contribution in [0.1, 0.15) is 20.8 Å². The highest BCUT2D eigenvalue weighted by molar-refractivity contribution is 8.43. The van der Waals surface area contributed by atoms with Crippen molar-refractivity contribution in [3.05, 3.63) is 0 Å². The first-order valence-electron chi connectivity index (χ1n) is 3.85. The maximum atomic E-state index is 9.19. The second kappa shape index (κ2) is 8.08. The van der Waals surface area contributed by atoms with Gasteiger partial charge in [-0.25, -0.2) is 4.57 Å². The summed E-state index contributed by atoms with van der Waals surface area (Å²) in [7, 11) is 0. The molecule has 0 aromatic carbocycles. The lowest BCUT2D eigenvalue weighted by atomic mass is 10.5. The number of nitrogens with zero attached hydrogens (tertiary/aromatic N) is 1. The molecule has 0 aliphatic rings. The van der Waals surface area contributed by atoms with Gasteiger partial charge in [-0.3, -0.25) is 0 Å². The summed E-state index contributed by atoms with van der Waals surface area (Å²) in [5, 5.41) is 0. The van der Waals surface area contributed by atoms with Gasteiger partial charge in [-0.2, -0.15) is 0 Å². The highest BCUT2D eigenvalue weighted by Crippen LogP contribution is 2.39. The van der Waals surface area contributed by atoms with Gasteiger partial charge in [0.15, 0.2) is 0 Å². The Balaban J connectivity index is 0. The molecule has 0 saturated heterocycles. The van der Waals surface area contributed by atoms with Gasteiger partial charge >= 0.3 is 6.80 Å². The van der Waals surface area contributed by atoms with Crippen LogP contribution >= 0.6 is 19.0 Å². The third kappa shape index (κ3) is 22.4. The third-order valence-corrected chi connectivity index (χ3v) is 1.34. The molecule has 12 heavy (non-hydrogen) atoms. The van der Waals surface area contributed by atoms with Gasteiger partial charge in [-0.05, 0) is 19.6 Å². The van der Waals surface area contributed by atoms with Gasteiger partial charge in [0.05, 0.1) is 0 Å². The zero-order chi connectivity index (χ0) is 10.2. The van der Waals surface area contributed by atoms with E-state index in [0.29, 0.717) is 0 Å². The SMILES string of the molecule is CCN(CC)CC.O=P(O)(O)S. The average molecular weight is 215 g/mol. The molecule has 0 radical (unpaired) electrons. The zero-order valence-corrected chi connectivity index (χ0v) is 9.55. The smallest absolute Gasteiger partial charge is 0.317 e. The Morgan fingerprint density at radius 3 is 1.33 bits per heavy atom. The van der Waals surface area contributed by atoms with Gasteiger partial charge in [-0.15, -0.1) is 0 Å². The molecule has 0 unspecified atom stereocenters. The molecule has 0 fully saturated rings. The molecule has 0 aliphatic heterocycles. The monoisotopic (exact) mass is 215 g/mol. The van der Waals surface area contributed by atoms with Crippen LogP contribution in [0, 0.1) is 0 Å². The van der Waals surface area contributed by atoms with Crippen LogP contribution in [0.4, 0.5) is 0 Å². The number of rotatable bonds is 3. The first-order valence-corrected chi connectivity index (χ1v) is 6.62. The predicted molar refractivity (Wildman–Crippen MR) is 54.5 cm³/mol. The van der Waals surface area contributed by atoms with Crippen LogP contribution in [0.2, 0.25) is 0 Å². The molecule has 2 N–H and O–H groups in total. The van der Waals surface area contributed by atoms with Crippen molar-refractivity contribution in [3.63, 3.8) is 0 Å². The first-order chi connectivity index (χ1) is 5.35. The van der Waals surface area contributed by atoms with Gasteiger partial charge in [0, 0.05) is 0 Å². The zero-order valence-electron chi connectivity index (χ0n) is 7.77. The largest absolute Gasteiger partial charge is 0.380 e. The third-order valence-electron chi connectivity index (χ3n) is 1.34. The van der Waals surface area contributed by atoms with E-state index in [1.54, 1.807) is 0 Å². The van der Waals surface area contributed by atoms with E-state index in [0.717, 1.165) is 0 Å². The summed E-state index contributed by atoms with van der Waals surface area (Å²) in [6.45, 7) is 6.18. The van der Waals surface area contributed by atoms with E-state index in [1.807, 2.05) is 0 Å². The van der Waals surface area contributed by atoms with Crippen LogP contribution in [0.15, 0.2) is 0 Å². The minimum absolute atomic E-state index is 1.19. The molecule has 76 valence electrons. The lowest BCUT2D eigenvalue weighted by molar-refractivity contribution is 0.321. The summed E-state index contributed by atoms with van der Waals surface area (Å²) in [5.41, 5.74) is 0. The molecule has 0 bridgehead atoms. The van der Waals surface area contributed by atoms with Crippen molar-refractivity contribution >= 4 is 19.0 Å². The van der Waals surface area contributed by atoms with Crippen LogP contribution in [0.25, 0.3) is 0 Å². The predicted octanol–water partition coefficient (Wildman–Crippen LogP) is 1.36. The van der Waals surface area contributed by atoms with E-state index in [1.165, 1.54) is 19.6 Å².